The number of benzene rings is 2. The SMILES string of the molecule is C=N[C@@]12C[C@]1(C(=O)N1CC34CCC3(CN(C(=O)NC)C4)C1)Cn1c(c(C3CCCCC3)c3ccc(C(=O)NS(=O)(=O)C(C)C)cc31)-c1ccc(OC)cc12. The van der Waals surface area contributed by atoms with Gasteiger partial charge in [0.25, 0.3) is 5.91 Å². The van der Waals surface area contributed by atoms with E-state index in [1.165, 1.54) is 25.8 Å². The van der Waals surface area contributed by atoms with Crippen LogP contribution in [0.15, 0.2) is 41.4 Å². The second kappa shape index (κ2) is 11.8. The summed E-state index contributed by atoms with van der Waals surface area (Å²) in [6.45, 7) is 10.0. The van der Waals surface area contributed by atoms with Gasteiger partial charge in [0.05, 0.1) is 23.5 Å². The summed E-state index contributed by atoms with van der Waals surface area (Å²) >= 11 is 0. The van der Waals surface area contributed by atoms with E-state index in [9.17, 15) is 18.0 Å². The van der Waals surface area contributed by atoms with Crippen LogP contribution < -0.4 is 14.8 Å². The van der Waals surface area contributed by atoms with Gasteiger partial charge in [0.1, 0.15) is 11.3 Å². The fraction of sp³-hybridized carbons (Fsp3) is 0.561. The van der Waals surface area contributed by atoms with Gasteiger partial charge in [-0.15, -0.1) is 0 Å². The van der Waals surface area contributed by atoms with E-state index in [0.29, 0.717) is 44.9 Å². The summed E-state index contributed by atoms with van der Waals surface area (Å²) in [6, 6.07) is 11.5. The quantitative estimate of drug-likeness (QED) is 0.310. The Morgan fingerprint density at radius 1 is 0.944 bits per heavy atom. The van der Waals surface area contributed by atoms with Gasteiger partial charge in [-0.25, -0.2) is 17.9 Å². The largest absolute Gasteiger partial charge is 0.497 e. The Bertz CT molecular complexity index is 2240. The molecule has 4 atom stereocenters. The number of nitrogens with one attached hydrogen (secondary N) is 2. The summed E-state index contributed by atoms with van der Waals surface area (Å²) in [5, 5.41) is 3.04. The molecule has 4 heterocycles. The fourth-order valence-corrected chi connectivity index (χ4v) is 11.9. The van der Waals surface area contributed by atoms with Crippen LogP contribution in [0.25, 0.3) is 22.2 Å². The van der Waals surface area contributed by atoms with Gasteiger partial charge < -0.3 is 24.4 Å². The number of carbonyl (C=O) groups is 3. The van der Waals surface area contributed by atoms with Crippen LogP contribution in [-0.4, -0.2) is 92.9 Å². The molecule has 13 heteroatoms. The van der Waals surface area contributed by atoms with E-state index in [1.807, 2.05) is 23.1 Å². The van der Waals surface area contributed by atoms with Crippen LogP contribution in [-0.2, 0) is 26.9 Å². The number of likely N-dealkylation sites (tertiary alicyclic amines) is 2. The lowest BCUT2D eigenvalue weighted by atomic mass is 9.53. The molecule has 0 radical (unpaired) electrons. The van der Waals surface area contributed by atoms with E-state index in [4.69, 9.17) is 9.73 Å². The summed E-state index contributed by atoms with van der Waals surface area (Å²) in [5.41, 5.74) is 3.11. The minimum atomic E-state index is -3.86. The standard InChI is InChI=1S/C41H50N6O6S/c1-25(2)54(51,52)44-35(48)27-11-13-30-32(17-27)47-24-40(36(49)45-20-38-15-16-39(38,21-45)23-46(22-38)37(50)42-3)19-41(40,43-4)31-18-28(53-5)12-14-29(31)34(47)33(30)26-9-7-6-8-10-26/h11-14,17-18,25-26H,4,6-10,15-16,19-24H2,1-3,5H3,(H,42,50)(H,44,48)/t38?,39?,40-,41-/m1/s1. The predicted molar refractivity (Wildman–Crippen MR) is 206 cm³/mol. The number of methoxy groups -OCH3 is 1. The van der Waals surface area contributed by atoms with Gasteiger partial charge in [-0.3, -0.25) is 14.6 Å². The Morgan fingerprint density at radius 2 is 1.63 bits per heavy atom. The van der Waals surface area contributed by atoms with Crippen molar-refractivity contribution in [3.63, 3.8) is 0 Å². The normalized spacial score (nSPS) is 29.6. The highest BCUT2D eigenvalue weighted by Gasteiger charge is 2.78. The molecule has 3 aromatic rings. The number of aromatic nitrogens is 1. The third kappa shape index (κ3) is 4.62. The maximum atomic E-state index is 15.5. The zero-order valence-corrected chi connectivity index (χ0v) is 32.5. The number of fused-ring (bicyclic) bond motifs is 7. The van der Waals surface area contributed by atoms with E-state index < -0.39 is 32.1 Å². The average Bonchev–Trinajstić information content (AvgIpc) is 3.60. The summed E-state index contributed by atoms with van der Waals surface area (Å²) in [6.07, 6.45) is 7.94. The van der Waals surface area contributed by atoms with E-state index in [0.717, 1.165) is 66.2 Å². The molecule has 6 aliphatic rings. The van der Waals surface area contributed by atoms with E-state index in [1.54, 1.807) is 26.3 Å². The van der Waals surface area contributed by atoms with Crippen molar-refractivity contribution in [3.05, 3.63) is 53.1 Å². The number of sulfonamides is 1. The molecule has 54 heavy (non-hydrogen) atoms. The molecular weight excluding hydrogens is 705 g/mol. The minimum Gasteiger partial charge on any atom is -0.497 e. The first-order valence-corrected chi connectivity index (χ1v) is 21.0. The molecule has 0 bridgehead atoms. The van der Waals surface area contributed by atoms with Crippen molar-refractivity contribution in [3.8, 4) is 17.0 Å². The molecule has 2 unspecified atom stereocenters. The van der Waals surface area contributed by atoms with Gasteiger partial charge in [0.2, 0.25) is 15.9 Å². The predicted octanol–water partition coefficient (Wildman–Crippen LogP) is 5.40. The summed E-state index contributed by atoms with van der Waals surface area (Å²) in [7, 11) is -0.547. The fourth-order valence-electron chi connectivity index (χ4n) is 11.3. The zero-order chi connectivity index (χ0) is 38.0. The second-order valence-corrected chi connectivity index (χ2v) is 19.5. The van der Waals surface area contributed by atoms with Gasteiger partial charge in [-0.1, -0.05) is 25.3 Å². The van der Waals surface area contributed by atoms with Crippen molar-refractivity contribution in [2.45, 2.75) is 88.5 Å². The first kappa shape index (κ1) is 35.3. The summed E-state index contributed by atoms with van der Waals surface area (Å²) in [4.78, 5) is 50.6. The van der Waals surface area contributed by atoms with Crippen molar-refractivity contribution in [2.24, 2.45) is 21.2 Å². The molecule has 0 spiro atoms. The average molecular weight is 755 g/mol. The van der Waals surface area contributed by atoms with Crippen molar-refractivity contribution in [1.29, 1.82) is 0 Å². The number of aliphatic imine (C=N–C) groups is 1. The van der Waals surface area contributed by atoms with Crippen LogP contribution in [0.3, 0.4) is 0 Å². The molecule has 5 fully saturated rings. The molecule has 2 saturated heterocycles. The Morgan fingerprint density at radius 3 is 2.24 bits per heavy atom. The molecule has 2 aromatic carbocycles. The molecule has 3 saturated carbocycles. The third-order valence-corrected chi connectivity index (χ3v) is 16.2. The van der Waals surface area contributed by atoms with E-state index in [2.05, 4.69) is 32.3 Å². The number of carbonyl (C=O) groups excluding carboxylic acids is 3. The highest BCUT2D eigenvalue weighted by molar-refractivity contribution is 7.90. The molecule has 3 aliphatic heterocycles. The number of hydrogen-bond acceptors (Lipinski definition) is 7. The Kier molecular flexibility index (Phi) is 7.72. The smallest absolute Gasteiger partial charge is 0.317 e. The number of ether oxygens (including phenoxy) is 1. The van der Waals surface area contributed by atoms with Gasteiger partial charge in [-0.2, -0.15) is 0 Å². The maximum absolute atomic E-state index is 15.5. The van der Waals surface area contributed by atoms with Crippen LogP contribution in [0, 0.1) is 16.2 Å². The van der Waals surface area contributed by atoms with E-state index >= 15 is 4.79 Å². The van der Waals surface area contributed by atoms with Crippen molar-refractivity contribution in [2.75, 3.05) is 40.3 Å². The van der Waals surface area contributed by atoms with Crippen LogP contribution in [0.2, 0.25) is 0 Å². The number of hydrogen-bond donors (Lipinski definition) is 2. The Balaban J connectivity index is 1.21. The van der Waals surface area contributed by atoms with E-state index in [-0.39, 0.29) is 34.2 Å². The van der Waals surface area contributed by atoms with Gasteiger partial charge in [0, 0.05) is 72.6 Å². The number of amides is 4. The van der Waals surface area contributed by atoms with Crippen molar-refractivity contribution in [1.82, 2.24) is 24.4 Å². The topological polar surface area (TPSA) is 142 Å². The van der Waals surface area contributed by atoms with Crippen LogP contribution in [0.1, 0.15) is 92.6 Å². The molecule has 9 rings (SSSR count). The molecule has 4 amide bonds. The summed E-state index contributed by atoms with van der Waals surface area (Å²) in [5.74, 6) is 0.329. The molecule has 12 nitrogen and oxygen atoms in total. The summed E-state index contributed by atoms with van der Waals surface area (Å²) < 4.78 is 35.9. The maximum Gasteiger partial charge on any atom is 0.317 e. The monoisotopic (exact) mass is 754 g/mol. The number of urea groups is 1. The first-order valence-electron chi connectivity index (χ1n) is 19.4. The Labute approximate surface area is 316 Å². The molecule has 1 aromatic heterocycles. The minimum absolute atomic E-state index is 0.0519. The number of rotatable bonds is 7. The first-order chi connectivity index (χ1) is 25.8. The van der Waals surface area contributed by atoms with Gasteiger partial charge in [-0.05, 0) is 100 Å². The number of nitrogens with zero attached hydrogens (tertiary/aromatic N) is 4. The van der Waals surface area contributed by atoms with Crippen LogP contribution in [0.5, 0.6) is 5.75 Å². The highest BCUT2D eigenvalue weighted by atomic mass is 32.2. The van der Waals surface area contributed by atoms with Crippen molar-refractivity contribution < 1.29 is 27.5 Å². The molecule has 2 N–H and O–H groups in total. The lowest BCUT2D eigenvalue weighted by Gasteiger charge is -2.48. The molecule has 3 aliphatic carbocycles. The highest BCUT2D eigenvalue weighted by Crippen LogP contribution is 2.73. The Hall–Kier alpha value is -4.39. The van der Waals surface area contributed by atoms with Gasteiger partial charge in [0.15, 0.2) is 0 Å². The lowest BCUT2D eigenvalue weighted by Crippen LogP contribution is -2.49. The van der Waals surface area contributed by atoms with Gasteiger partial charge >= 0.3 is 6.03 Å². The molecule has 286 valence electrons. The third-order valence-electron chi connectivity index (χ3n) is 14.5. The molecular formula is C41H50N6O6S. The second-order valence-electron chi connectivity index (χ2n) is 17.3. The van der Waals surface area contributed by atoms with Crippen LogP contribution in [0.4, 0.5) is 4.79 Å². The van der Waals surface area contributed by atoms with Crippen LogP contribution >= 0.6 is 0 Å². The van der Waals surface area contributed by atoms with Crippen molar-refractivity contribution >= 4 is 45.5 Å². The lowest BCUT2D eigenvalue weighted by molar-refractivity contribution is -0.138. The zero-order valence-electron chi connectivity index (χ0n) is 31.7.